The molecule has 7 nitrogen and oxygen atoms in total. The lowest BCUT2D eigenvalue weighted by molar-refractivity contribution is 0.101. The number of benzene rings is 2. The average molecular weight is 386 g/mol. The third-order valence-corrected chi connectivity index (χ3v) is 4.01. The summed E-state index contributed by atoms with van der Waals surface area (Å²) >= 11 is 0. The maximum Gasteiger partial charge on any atom is 0.277 e. The van der Waals surface area contributed by atoms with E-state index in [0.717, 1.165) is 22.4 Å². The van der Waals surface area contributed by atoms with Crippen molar-refractivity contribution >= 4 is 35.6 Å². The maximum absolute atomic E-state index is 12.4. The largest absolute Gasteiger partial charge is 0.370 e. The summed E-state index contributed by atoms with van der Waals surface area (Å²) in [5.41, 5.74) is 15.2. The molecule has 0 radical (unpaired) electrons. The number of hydrogen-bond donors (Lipinski definition) is 3. The average Bonchev–Trinajstić information content (AvgIpc) is 3.09. The number of nitrogens with two attached hydrogens (primary N) is 2. The van der Waals surface area contributed by atoms with Crippen molar-refractivity contribution in [1.29, 1.82) is 0 Å². The molecular formula is C19H20ClN5O2. The van der Waals surface area contributed by atoms with Crippen LogP contribution in [0.4, 0.5) is 11.4 Å². The van der Waals surface area contributed by atoms with Crippen molar-refractivity contribution in [3.63, 3.8) is 0 Å². The van der Waals surface area contributed by atoms with E-state index < -0.39 is 0 Å². The fraction of sp³-hybridized carbons (Fsp3) is 0.105. The number of nitrogens with zero attached hydrogens (tertiary/aromatic N) is 2. The molecule has 2 aromatic carbocycles. The number of amides is 1. The summed E-state index contributed by atoms with van der Waals surface area (Å²) in [7, 11) is 0. The zero-order valence-electron chi connectivity index (χ0n) is 14.9. The van der Waals surface area contributed by atoms with Crippen LogP contribution in [0.5, 0.6) is 0 Å². The molecule has 27 heavy (non-hydrogen) atoms. The number of aromatic nitrogens is 1. The molecule has 3 aromatic rings. The number of rotatable bonds is 4. The molecule has 0 aliphatic heterocycles. The van der Waals surface area contributed by atoms with Gasteiger partial charge in [0.2, 0.25) is 0 Å². The van der Waals surface area contributed by atoms with E-state index in [0.29, 0.717) is 11.4 Å². The Balaban J connectivity index is 0.00000261. The SMILES string of the molecule is Cc1cccc(NC(=O)c2cc(-c3ccc(N=C(N)N)cc3)on2)c1C.Cl. The summed E-state index contributed by atoms with van der Waals surface area (Å²) in [5.74, 6) is 0.140. The van der Waals surface area contributed by atoms with Crippen molar-refractivity contribution in [2.24, 2.45) is 16.5 Å². The fourth-order valence-electron chi connectivity index (χ4n) is 2.44. The summed E-state index contributed by atoms with van der Waals surface area (Å²) in [6, 6.07) is 14.4. The van der Waals surface area contributed by atoms with Crippen LogP contribution >= 0.6 is 12.4 Å². The summed E-state index contributed by atoms with van der Waals surface area (Å²) in [6.45, 7) is 3.95. The Bertz CT molecular complexity index is 976. The number of aryl methyl sites for hydroxylation is 1. The maximum atomic E-state index is 12.4. The molecular weight excluding hydrogens is 366 g/mol. The number of hydrogen-bond acceptors (Lipinski definition) is 4. The smallest absolute Gasteiger partial charge is 0.277 e. The normalized spacial score (nSPS) is 10.0. The van der Waals surface area contributed by atoms with Crippen LogP contribution in [0.15, 0.2) is 58.0 Å². The Hall–Kier alpha value is -3.32. The van der Waals surface area contributed by atoms with Crippen molar-refractivity contribution in [3.05, 3.63) is 65.4 Å². The summed E-state index contributed by atoms with van der Waals surface area (Å²) < 4.78 is 5.29. The van der Waals surface area contributed by atoms with Gasteiger partial charge in [-0.15, -0.1) is 12.4 Å². The van der Waals surface area contributed by atoms with E-state index in [9.17, 15) is 4.79 Å². The Morgan fingerprint density at radius 3 is 2.48 bits per heavy atom. The van der Waals surface area contributed by atoms with Crippen LogP contribution in [-0.4, -0.2) is 17.0 Å². The van der Waals surface area contributed by atoms with E-state index in [1.807, 2.05) is 32.0 Å². The van der Waals surface area contributed by atoms with Gasteiger partial charge in [0.25, 0.3) is 5.91 Å². The predicted molar refractivity (Wildman–Crippen MR) is 109 cm³/mol. The molecule has 3 rings (SSSR count). The number of halogens is 1. The molecule has 1 heterocycles. The Morgan fingerprint density at radius 1 is 1.11 bits per heavy atom. The zero-order valence-corrected chi connectivity index (χ0v) is 15.7. The molecule has 5 N–H and O–H groups in total. The molecule has 8 heteroatoms. The number of aliphatic imine (C=N–C) groups is 1. The molecule has 0 saturated heterocycles. The van der Waals surface area contributed by atoms with Gasteiger partial charge in [-0.2, -0.15) is 0 Å². The lowest BCUT2D eigenvalue weighted by Gasteiger charge is -2.08. The minimum absolute atomic E-state index is 0. The highest BCUT2D eigenvalue weighted by atomic mass is 35.5. The van der Waals surface area contributed by atoms with Gasteiger partial charge in [0.1, 0.15) is 0 Å². The van der Waals surface area contributed by atoms with E-state index in [1.165, 1.54) is 0 Å². The topological polar surface area (TPSA) is 120 Å². The molecule has 0 atom stereocenters. The summed E-state index contributed by atoms with van der Waals surface area (Å²) in [4.78, 5) is 16.4. The van der Waals surface area contributed by atoms with Crippen molar-refractivity contribution in [1.82, 2.24) is 5.16 Å². The van der Waals surface area contributed by atoms with Crippen molar-refractivity contribution in [2.75, 3.05) is 5.32 Å². The van der Waals surface area contributed by atoms with Crippen LogP contribution in [0.3, 0.4) is 0 Å². The van der Waals surface area contributed by atoms with Gasteiger partial charge in [0.05, 0.1) is 5.69 Å². The van der Waals surface area contributed by atoms with Crippen LogP contribution in [0.25, 0.3) is 11.3 Å². The van der Waals surface area contributed by atoms with Gasteiger partial charge < -0.3 is 21.3 Å². The highest BCUT2D eigenvalue weighted by Gasteiger charge is 2.15. The number of nitrogens with one attached hydrogen (secondary N) is 1. The molecule has 1 aromatic heterocycles. The molecule has 140 valence electrons. The molecule has 0 saturated carbocycles. The van der Waals surface area contributed by atoms with Gasteiger partial charge >= 0.3 is 0 Å². The quantitative estimate of drug-likeness (QED) is 0.468. The third kappa shape index (κ3) is 4.65. The van der Waals surface area contributed by atoms with E-state index in [2.05, 4.69) is 15.5 Å². The lowest BCUT2D eigenvalue weighted by atomic mass is 10.1. The Kier molecular flexibility index (Phi) is 6.20. The number of anilines is 1. The van der Waals surface area contributed by atoms with Crippen LogP contribution in [0.2, 0.25) is 0 Å². The van der Waals surface area contributed by atoms with Crippen LogP contribution < -0.4 is 16.8 Å². The van der Waals surface area contributed by atoms with Crippen LogP contribution in [-0.2, 0) is 0 Å². The first kappa shape index (κ1) is 20.0. The fourth-order valence-corrected chi connectivity index (χ4v) is 2.44. The Morgan fingerprint density at radius 2 is 1.81 bits per heavy atom. The molecule has 0 aliphatic carbocycles. The predicted octanol–water partition coefficient (Wildman–Crippen LogP) is 3.54. The summed E-state index contributed by atoms with van der Waals surface area (Å²) in [6.07, 6.45) is 0. The number of guanidine groups is 1. The van der Waals surface area contributed by atoms with Gasteiger partial charge in [0, 0.05) is 17.3 Å². The summed E-state index contributed by atoms with van der Waals surface area (Å²) in [5, 5.41) is 6.71. The van der Waals surface area contributed by atoms with E-state index >= 15 is 0 Å². The van der Waals surface area contributed by atoms with Gasteiger partial charge in [-0.1, -0.05) is 17.3 Å². The number of carbonyl (C=O) groups is 1. The molecule has 0 bridgehead atoms. The van der Waals surface area contributed by atoms with Gasteiger partial charge in [-0.05, 0) is 55.3 Å². The molecule has 0 unspecified atom stereocenters. The minimum Gasteiger partial charge on any atom is -0.370 e. The Labute approximate surface area is 162 Å². The van der Waals surface area contributed by atoms with Crippen LogP contribution in [0.1, 0.15) is 21.6 Å². The van der Waals surface area contributed by atoms with Crippen molar-refractivity contribution in [3.8, 4) is 11.3 Å². The molecule has 0 fully saturated rings. The van der Waals surface area contributed by atoms with Gasteiger partial charge in [-0.25, -0.2) is 4.99 Å². The monoisotopic (exact) mass is 385 g/mol. The third-order valence-electron chi connectivity index (χ3n) is 4.01. The highest BCUT2D eigenvalue weighted by molar-refractivity contribution is 6.03. The van der Waals surface area contributed by atoms with Crippen molar-refractivity contribution < 1.29 is 9.32 Å². The first-order valence-corrected chi connectivity index (χ1v) is 7.98. The standard InChI is InChI=1S/C19H19N5O2.ClH/c1-11-4-3-5-15(12(11)2)23-18(25)16-10-17(26-24-16)13-6-8-14(9-7-13)22-19(20)21;/h3-10H,1-2H3,(H,23,25)(H4,20,21,22);1H. The molecule has 0 aliphatic rings. The van der Waals surface area contributed by atoms with E-state index in [4.69, 9.17) is 16.0 Å². The molecule has 1 amide bonds. The lowest BCUT2D eigenvalue weighted by Crippen LogP contribution is -2.21. The molecule has 0 spiro atoms. The van der Waals surface area contributed by atoms with E-state index in [-0.39, 0.29) is 30.0 Å². The van der Waals surface area contributed by atoms with Crippen molar-refractivity contribution in [2.45, 2.75) is 13.8 Å². The second-order valence-electron chi connectivity index (χ2n) is 5.86. The zero-order chi connectivity index (χ0) is 18.7. The highest BCUT2D eigenvalue weighted by Crippen LogP contribution is 2.24. The number of carbonyl (C=O) groups excluding carboxylic acids is 1. The second kappa shape index (κ2) is 8.37. The first-order chi connectivity index (χ1) is 12.4. The van der Waals surface area contributed by atoms with E-state index in [1.54, 1.807) is 30.3 Å². The van der Waals surface area contributed by atoms with Crippen LogP contribution in [0, 0.1) is 13.8 Å². The first-order valence-electron chi connectivity index (χ1n) is 7.98. The van der Waals surface area contributed by atoms with Gasteiger partial charge in [-0.3, -0.25) is 4.79 Å². The second-order valence-corrected chi connectivity index (χ2v) is 5.86. The van der Waals surface area contributed by atoms with Gasteiger partial charge in [0.15, 0.2) is 17.4 Å². The minimum atomic E-state index is -0.328.